The van der Waals surface area contributed by atoms with E-state index >= 15 is 0 Å². The van der Waals surface area contributed by atoms with Crippen LogP contribution in [0.5, 0.6) is 0 Å². The van der Waals surface area contributed by atoms with Gasteiger partial charge in [0.25, 0.3) is 0 Å². The topological polar surface area (TPSA) is 45.4 Å². The van der Waals surface area contributed by atoms with Crippen molar-refractivity contribution >= 4 is 39.3 Å². The number of aryl methyl sites for hydroxylation is 1. The Morgan fingerprint density at radius 3 is 2.71 bits per heavy atom. The second-order valence-corrected chi connectivity index (χ2v) is 6.01. The summed E-state index contributed by atoms with van der Waals surface area (Å²) in [7, 11) is 2.00. The number of rotatable bonds is 1. The van der Waals surface area contributed by atoms with E-state index in [0.29, 0.717) is 5.71 Å². The van der Waals surface area contributed by atoms with Gasteiger partial charge in [-0.1, -0.05) is 12.1 Å². The molecule has 1 aliphatic heterocycles. The van der Waals surface area contributed by atoms with E-state index in [1.807, 2.05) is 43.0 Å². The zero-order valence-electron chi connectivity index (χ0n) is 13.4. The van der Waals surface area contributed by atoms with E-state index in [4.69, 9.17) is 4.42 Å². The molecule has 0 N–H and O–H groups in total. The molecule has 1 aliphatic rings. The lowest BCUT2D eigenvalue weighted by molar-refractivity contribution is 0.653. The van der Waals surface area contributed by atoms with Gasteiger partial charge in [0.1, 0.15) is 6.67 Å². The quantitative estimate of drug-likeness (QED) is 0.521. The first kappa shape index (κ1) is 13.4. The summed E-state index contributed by atoms with van der Waals surface area (Å²) in [4.78, 5) is 13.0. The maximum absolute atomic E-state index is 6.12. The summed E-state index contributed by atoms with van der Waals surface area (Å²) >= 11 is 0. The molecule has 0 spiro atoms. The van der Waals surface area contributed by atoms with Crippen LogP contribution in [0.1, 0.15) is 5.56 Å². The van der Waals surface area contributed by atoms with Crippen LogP contribution < -0.4 is 9.80 Å². The first-order chi connectivity index (χ1) is 11.7. The highest BCUT2D eigenvalue weighted by molar-refractivity contribution is 6.09. The molecule has 0 atom stereocenters. The Hall–Kier alpha value is -3.08. The van der Waals surface area contributed by atoms with Gasteiger partial charge < -0.3 is 14.2 Å². The molecule has 0 aliphatic carbocycles. The van der Waals surface area contributed by atoms with Crippen molar-refractivity contribution in [2.45, 2.75) is 6.92 Å². The number of hydrogen-bond donors (Lipinski definition) is 0. The SMILES string of the molecule is Cc1ccc2c(oc3ncccc32)c1N1[CH]N(C)c2ncccc21. The molecule has 117 valence electrons. The number of aromatic nitrogens is 2. The number of hydrogen-bond acceptors (Lipinski definition) is 5. The van der Waals surface area contributed by atoms with Crippen molar-refractivity contribution in [1.29, 1.82) is 0 Å². The van der Waals surface area contributed by atoms with Crippen molar-refractivity contribution in [1.82, 2.24) is 9.97 Å². The molecule has 0 bridgehead atoms. The number of nitrogens with zero attached hydrogens (tertiary/aromatic N) is 4. The highest BCUT2D eigenvalue weighted by atomic mass is 16.3. The van der Waals surface area contributed by atoms with Gasteiger partial charge in [-0.3, -0.25) is 0 Å². The minimum Gasteiger partial charge on any atom is -0.435 e. The van der Waals surface area contributed by atoms with Crippen molar-refractivity contribution < 1.29 is 4.42 Å². The predicted molar refractivity (Wildman–Crippen MR) is 95.3 cm³/mol. The second-order valence-electron chi connectivity index (χ2n) is 6.01. The van der Waals surface area contributed by atoms with Crippen LogP contribution in [-0.4, -0.2) is 17.0 Å². The van der Waals surface area contributed by atoms with Crippen molar-refractivity contribution in [3.05, 3.63) is 61.0 Å². The molecule has 1 aromatic carbocycles. The summed E-state index contributed by atoms with van der Waals surface area (Å²) in [6.45, 7) is 4.14. The van der Waals surface area contributed by atoms with E-state index in [-0.39, 0.29) is 0 Å². The molecule has 1 radical (unpaired) electrons. The van der Waals surface area contributed by atoms with Crippen LogP contribution in [0.25, 0.3) is 22.1 Å². The van der Waals surface area contributed by atoms with Crippen molar-refractivity contribution in [3.63, 3.8) is 0 Å². The molecule has 4 heterocycles. The highest BCUT2D eigenvalue weighted by Gasteiger charge is 2.29. The van der Waals surface area contributed by atoms with Gasteiger partial charge in [-0.25, -0.2) is 9.97 Å². The summed E-state index contributed by atoms with van der Waals surface area (Å²) in [5.41, 5.74) is 4.74. The second kappa shape index (κ2) is 4.71. The number of anilines is 3. The van der Waals surface area contributed by atoms with Crippen molar-refractivity contribution in [3.8, 4) is 0 Å². The molecule has 0 saturated carbocycles. The fraction of sp³-hybridized carbons (Fsp3) is 0.105. The molecule has 0 fully saturated rings. The van der Waals surface area contributed by atoms with Crippen LogP contribution in [0, 0.1) is 13.6 Å². The third kappa shape index (κ3) is 1.69. The van der Waals surface area contributed by atoms with Gasteiger partial charge in [-0.15, -0.1) is 0 Å². The van der Waals surface area contributed by atoms with E-state index in [0.717, 1.165) is 39.1 Å². The summed E-state index contributed by atoms with van der Waals surface area (Å²) in [6, 6.07) is 12.2. The Labute approximate surface area is 139 Å². The molecular formula is C19H15N4O. The first-order valence-electron chi connectivity index (χ1n) is 7.83. The molecule has 5 rings (SSSR count). The lowest BCUT2D eigenvalue weighted by Gasteiger charge is -2.20. The molecule has 0 saturated heterocycles. The van der Waals surface area contributed by atoms with Gasteiger partial charge in [0.05, 0.1) is 11.4 Å². The third-order valence-electron chi connectivity index (χ3n) is 4.48. The zero-order valence-corrected chi connectivity index (χ0v) is 13.4. The normalized spacial score (nSPS) is 13.9. The lowest BCUT2D eigenvalue weighted by Crippen LogP contribution is -2.18. The highest BCUT2D eigenvalue weighted by Crippen LogP contribution is 2.45. The van der Waals surface area contributed by atoms with Crippen LogP contribution in [0.3, 0.4) is 0 Å². The number of fused-ring (bicyclic) bond motifs is 4. The minimum atomic E-state index is 0.665. The Bertz CT molecular complexity index is 1090. The smallest absolute Gasteiger partial charge is 0.227 e. The maximum Gasteiger partial charge on any atom is 0.227 e. The van der Waals surface area contributed by atoms with Gasteiger partial charge in [0, 0.05) is 30.2 Å². The largest absolute Gasteiger partial charge is 0.435 e. The summed E-state index contributed by atoms with van der Waals surface area (Å²) in [6.07, 6.45) is 3.57. The molecule has 0 unspecified atom stereocenters. The summed E-state index contributed by atoms with van der Waals surface area (Å²) in [5.74, 6) is 0.933. The fourth-order valence-electron chi connectivity index (χ4n) is 3.37. The monoisotopic (exact) mass is 315 g/mol. The van der Waals surface area contributed by atoms with Gasteiger partial charge >= 0.3 is 0 Å². The minimum absolute atomic E-state index is 0.665. The Balaban J connectivity index is 1.83. The first-order valence-corrected chi connectivity index (χ1v) is 7.83. The number of pyridine rings is 2. The van der Waals surface area contributed by atoms with E-state index in [9.17, 15) is 0 Å². The fourth-order valence-corrected chi connectivity index (χ4v) is 3.37. The van der Waals surface area contributed by atoms with Gasteiger partial charge in [-0.2, -0.15) is 0 Å². The maximum atomic E-state index is 6.12. The zero-order chi connectivity index (χ0) is 16.3. The van der Waals surface area contributed by atoms with E-state index in [2.05, 4.69) is 40.0 Å². The van der Waals surface area contributed by atoms with Crippen molar-refractivity contribution in [2.24, 2.45) is 0 Å². The van der Waals surface area contributed by atoms with Crippen LogP contribution in [0.4, 0.5) is 17.2 Å². The lowest BCUT2D eigenvalue weighted by atomic mass is 10.1. The Kier molecular flexibility index (Phi) is 2.62. The molecule has 5 heteroatoms. The summed E-state index contributed by atoms with van der Waals surface area (Å²) in [5, 5.41) is 2.11. The average Bonchev–Trinajstić information content (AvgIpc) is 3.13. The van der Waals surface area contributed by atoms with Crippen LogP contribution in [0.2, 0.25) is 0 Å². The molecule has 24 heavy (non-hydrogen) atoms. The number of furan rings is 1. The van der Waals surface area contributed by atoms with Crippen LogP contribution in [-0.2, 0) is 0 Å². The van der Waals surface area contributed by atoms with Gasteiger partial charge in [-0.05, 0) is 36.8 Å². The Morgan fingerprint density at radius 1 is 0.958 bits per heavy atom. The van der Waals surface area contributed by atoms with Crippen molar-refractivity contribution in [2.75, 3.05) is 16.8 Å². The Morgan fingerprint density at radius 2 is 1.79 bits per heavy atom. The van der Waals surface area contributed by atoms with E-state index in [1.54, 1.807) is 6.20 Å². The third-order valence-corrected chi connectivity index (χ3v) is 4.48. The average molecular weight is 315 g/mol. The predicted octanol–water partition coefficient (Wildman–Crippen LogP) is 4.39. The standard InChI is InChI=1S/C19H15N4O/c1-12-7-8-13-14-5-3-10-21-19(14)24-17(13)16(12)23-11-22(2)18-15(23)6-4-9-20-18/h3-11H,1-2H3. The molecule has 0 amide bonds. The molecular weight excluding hydrogens is 300 g/mol. The van der Waals surface area contributed by atoms with E-state index < -0.39 is 0 Å². The van der Waals surface area contributed by atoms with E-state index in [1.165, 1.54) is 0 Å². The molecule has 4 aromatic rings. The van der Waals surface area contributed by atoms with Gasteiger partial charge in [0.2, 0.25) is 5.71 Å². The number of benzene rings is 1. The van der Waals surface area contributed by atoms with Crippen LogP contribution in [0.15, 0.2) is 53.2 Å². The van der Waals surface area contributed by atoms with Gasteiger partial charge in [0.15, 0.2) is 11.4 Å². The summed E-state index contributed by atoms with van der Waals surface area (Å²) < 4.78 is 6.12. The molecule has 5 nitrogen and oxygen atoms in total. The van der Waals surface area contributed by atoms with Crippen LogP contribution >= 0.6 is 0 Å². The molecule has 3 aromatic heterocycles.